The SMILES string of the molecule is CCCCCC(CC)N(Cc1n[nH]nc1-c1ccccc1C)C(CC)CCCCC. The first kappa shape index (κ1) is 24.6. The zero-order valence-electron chi connectivity index (χ0n) is 20.1. The molecule has 1 aromatic heterocycles. The van der Waals surface area contributed by atoms with Crippen LogP contribution in [0.2, 0.25) is 0 Å². The van der Waals surface area contributed by atoms with E-state index >= 15 is 0 Å². The number of nitrogens with one attached hydrogen (secondary N) is 1. The third kappa shape index (κ3) is 6.94. The van der Waals surface area contributed by atoms with Crippen LogP contribution in [0.3, 0.4) is 0 Å². The molecule has 0 spiro atoms. The number of aromatic amines is 1. The molecular formula is C26H44N4. The van der Waals surface area contributed by atoms with Crippen LogP contribution < -0.4 is 0 Å². The Balaban J connectivity index is 2.28. The number of aryl methyl sites for hydroxylation is 1. The van der Waals surface area contributed by atoms with Crippen LogP contribution in [-0.2, 0) is 6.54 Å². The fraction of sp³-hybridized carbons (Fsp3) is 0.692. The molecule has 0 saturated heterocycles. The minimum atomic E-state index is 0.615. The molecule has 0 amide bonds. The molecule has 2 rings (SSSR count). The van der Waals surface area contributed by atoms with E-state index in [4.69, 9.17) is 0 Å². The summed E-state index contributed by atoms with van der Waals surface area (Å²) in [6.07, 6.45) is 12.8. The molecule has 4 nitrogen and oxygen atoms in total. The van der Waals surface area contributed by atoms with Crippen molar-refractivity contribution in [3.63, 3.8) is 0 Å². The van der Waals surface area contributed by atoms with E-state index in [0.717, 1.165) is 17.9 Å². The molecule has 0 fully saturated rings. The van der Waals surface area contributed by atoms with E-state index in [0.29, 0.717) is 12.1 Å². The topological polar surface area (TPSA) is 44.8 Å². The molecule has 2 atom stereocenters. The lowest BCUT2D eigenvalue weighted by molar-refractivity contribution is 0.0983. The van der Waals surface area contributed by atoms with Gasteiger partial charge in [-0.2, -0.15) is 15.4 Å². The summed E-state index contributed by atoms with van der Waals surface area (Å²) in [5.41, 5.74) is 4.56. The lowest BCUT2D eigenvalue weighted by Crippen LogP contribution is -2.42. The van der Waals surface area contributed by atoms with Crippen molar-refractivity contribution < 1.29 is 0 Å². The van der Waals surface area contributed by atoms with Crippen LogP contribution >= 0.6 is 0 Å². The highest BCUT2D eigenvalue weighted by Crippen LogP contribution is 2.28. The summed E-state index contributed by atoms with van der Waals surface area (Å²) in [5, 5.41) is 12.1. The fourth-order valence-electron chi connectivity index (χ4n) is 4.62. The third-order valence-corrected chi connectivity index (χ3v) is 6.51. The molecule has 1 N–H and O–H groups in total. The molecule has 0 aliphatic heterocycles. The Kier molecular flexibility index (Phi) is 11.1. The van der Waals surface area contributed by atoms with E-state index in [-0.39, 0.29) is 0 Å². The number of hydrogen-bond donors (Lipinski definition) is 1. The molecule has 30 heavy (non-hydrogen) atoms. The van der Waals surface area contributed by atoms with Crippen molar-refractivity contribution in [2.24, 2.45) is 0 Å². The van der Waals surface area contributed by atoms with Gasteiger partial charge in [-0.1, -0.05) is 90.5 Å². The molecule has 2 aromatic rings. The molecule has 0 aliphatic rings. The number of benzene rings is 1. The highest BCUT2D eigenvalue weighted by atomic mass is 15.3. The van der Waals surface area contributed by atoms with Crippen LogP contribution in [0.25, 0.3) is 11.3 Å². The predicted octanol–water partition coefficient (Wildman–Crippen LogP) is 7.30. The summed E-state index contributed by atoms with van der Waals surface area (Å²) in [6, 6.07) is 9.74. The van der Waals surface area contributed by atoms with Gasteiger partial charge in [-0.3, -0.25) is 4.90 Å². The summed E-state index contributed by atoms with van der Waals surface area (Å²) in [4.78, 5) is 2.77. The van der Waals surface area contributed by atoms with E-state index in [1.165, 1.54) is 75.3 Å². The van der Waals surface area contributed by atoms with Crippen molar-refractivity contribution in [1.82, 2.24) is 20.3 Å². The summed E-state index contributed by atoms with van der Waals surface area (Å²) >= 11 is 0. The summed E-state index contributed by atoms with van der Waals surface area (Å²) in [5.74, 6) is 0. The number of aromatic nitrogens is 3. The maximum atomic E-state index is 4.62. The zero-order chi connectivity index (χ0) is 21.8. The van der Waals surface area contributed by atoms with Gasteiger partial charge in [0.25, 0.3) is 0 Å². The average Bonchev–Trinajstić information content (AvgIpc) is 3.22. The summed E-state index contributed by atoms with van der Waals surface area (Å²) in [7, 11) is 0. The zero-order valence-corrected chi connectivity index (χ0v) is 20.1. The van der Waals surface area contributed by atoms with E-state index < -0.39 is 0 Å². The highest BCUT2D eigenvalue weighted by Gasteiger charge is 2.26. The molecule has 0 bridgehead atoms. The van der Waals surface area contributed by atoms with Crippen LogP contribution in [0, 0.1) is 6.92 Å². The van der Waals surface area contributed by atoms with E-state index in [1.807, 2.05) is 0 Å². The molecule has 1 heterocycles. The average molecular weight is 413 g/mol. The largest absolute Gasteiger partial charge is 0.291 e. The van der Waals surface area contributed by atoms with Crippen molar-refractivity contribution in [2.45, 2.75) is 117 Å². The van der Waals surface area contributed by atoms with Crippen LogP contribution in [0.5, 0.6) is 0 Å². The van der Waals surface area contributed by atoms with Gasteiger partial charge in [-0.25, -0.2) is 0 Å². The van der Waals surface area contributed by atoms with Crippen LogP contribution in [-0.4, -0.2) is 32.4 Å². The van der Waals surface area contributed by atoms with Gasteiger partial charge in [0.2, 0.25) is 0 Å². The van der Waals surface area contributed by atoms with Crippen LogP contribution in [0.1, 0.15) is 103 Å². The minimum absolute atomic E-state index is 0.615. The Morgan fingerprint density at radius 2 is 1.43 bits per heavy atom. The molecule has 168 valence electrons. The molecule has 2 unspecified atom stereocenters. The van der Waals surface area contributed by atoms with Crippen molar-refractivity contribution in [1.29, 1.82) is 0 Å². The molecule has 0 aliphatic carbocycles. The van der Waals surface area contributed by atoms with Gasteiger partial charge < -0.3 is 0 Å². The molecule has 0 radical (unpaired) electrons. The Morgan fingerprint density at radius 3 is 1.97 bits per heavy atom. The summed E-state index contributed by atoms with van der Waals surface area (Å²) in [6.45, 7) is 12.3. The van der Waals surface area contributed by atoms with Gasteiger partial charge in [0.1, 0.15) is 11.4 Å². The van der Waals surface area contributed by atoms with E-state index in [9.17, 15) is 0 Å². The van der Waals surface area contributed by atoms with Gasteiger partial charge in [-0.15, -0.1) is 0 Å². The fourth-order valence-corrected chi connectivity index (χ4v) is 4.62. The van der Waals surface area contributed by atoms with Gasteiger partial charge in [0.15, 0.2) is 0 Å². The third-order valence-electron chi connectivity index (χ3n) is 6.51. The van der Waals surface area contributed by atoms with Gasteiger partial charge >= 0.3 is 0 Å². The molecular weight excluding hydrogens is 368 g/mol. The minimum Gasteiger partial charge on any atom is -0.291 e. The number of H-pyrrole nitrogens is 1. The van der Waals surface area contributed by atoms with Crippen molar-refractivity contribution in [2.75, 3.05) is 0 Å². The van der Waals surface area contributed by atoms with Crippen LogP contribution in [0.15, 0.2) is 24.3 Å². The Labute approximate surface area is 184 Å². The second kappa shape index (κ2) is 13.6. The first-order chi connectivity index (χ1) is 14.7. The lowest BCUT2D eigenvalue weighted by Gasteiger charge is -2.37. The second-order valence-electron chi connectivity index (χ2n) is 8.72. The number of rotatable bonds is 15. The smallest absolute Gasteiger partial charge is 0.117 e. The van der Waals surface area contributed by atoms with Gasteiger partial charge in [0.05, 0.1) is 0 Å². The Hall–Kier alpha value is -1.68. The quantitative estimate of drug-likeness (QED) is 0.312. The maximum Gasteiger partial charge on any atom is 0.117 e. The monoisotopic (exact) mass is 412 g/mol. The maximum absolute atomic E-state index is 4.62. The first-order valence-electron chi connectivity index (χ1n) is 12.4. The van der Waals surface area contributed by atoms with Crippen LogP contribution in [0.4, 0.5) is 0 Å². The normalized spacial score (nSPS) is 13.7. The highest BCUT2D eigenvalue weighted by molar-refractivity contribution is 5.64. The number of nitrogens with zero attached hydrogens (tertiary/aromatic N) is 3. The Morgan fingerprint density at radius 1 is 0.833 bits per heavy atom. The number of unbranched alkanes of at least 4 members (excludes halogenated alkanes) is 4. The molecule has 0 saturated carbocycles. The Bertz CT molecular complexity index is 691. The van der Waals surface area contributed by atoms with Gasteiger partial charge in [-0.05, 0) is 38.2 Å². The second-order valence-corrected chi connectivity index (χ2v) is 8.72. The summed E-state index contributed by atoms with van der Waals surface area (Å²) < 4.78 is 0. The predicted molar refractivity (Wildman–Crippen MR) is 129 cm³/mol. The van der Waals surface area contributed by atoms with E-state index in [1.54, 1.807) is 0 Å². The van der Waals surface area contributed by atoms with Crippen molar-refractivity contribution in [3.05, 3.63) is 35.5 Å². The molecule has 1 aromatic carbocycles. The molecule has 4 heteroatoms. The van der Waals surface area contributed by atoms with Gasteiger partial charge in [0, 0.05) is 24.2 Å². The number of hydrogen-bond acceptors (Lipinski definition) is 3. The van der Waals surface area contributed by atoms with Crippen molar-refractivity contribution >= 4 is 0 Å². The van der Waals surface area contributed by atoms with E-state index in [2.05, 4.69) is 79.2 Å². The standard InChI is InChI=1S/C26H44N4/c1-6-10-12-17-22(8-3)30(23(9-4)18-13-11-7-2)20-25-26(28-29-27-25)24-19-15-14-16-21(24)5/h14-16,19,22-23H,6-13,17-18,20H2,1-5H3,(H,27,28,29). The van der Waals surface area contributed by atoms with Crippen molar-refractivity contribution in [3.8, 4) is 11.3 Å². The lowest BCUT2D eigenvalue weighted by atomic mass is 9.97. The first-order valence-corrected chi connectivity index (χ1v) is 12.4.